The normalized spacial score (nSPS) is 32.1. The minimum Gasteiger partial charge on any atom is -0.508 e. The number of fused-ring (bicyclic) bond motifs is 2. The molecule has 1 aromatic rings. The lowest BCUT2D eigenvalue weighted by atomic mass is 9.44. The molecule has 3 nitrogen and oxygen atoms in total. The number of benzene rings is 1. The van der Waals surface area contributed by atoms with Crippen molar-refractivity contribution in [3.63, 3.8) is 0 Å². The predicted octanol–water partition coefficient (Wildman–Crippen LogP) is 6.21. The second kappa shape index (κ2) is 8.20. The molecule has 5 rings (SSSR count). The standard InChI is InChI=1S/C24H36O3S2/c1-4-5-6-7-8-24(28-9-10-29-24)15-11-20(26)22(21(27)12-15)16-13-19(25)18-14-17(16)23(18,2)3/h11-12,16-19,25-27H,4-10,13-14H2,1-3H3/t16-,17?,18?,19?/m1/s1. The molecule has 3 saturated carbocycles. The molecule has 3 aliphatic carbocycles. The lowest BCUT2D eigenvalue weighted by Crippen LogP contribution is -2.57. The average molecular weight is 437 g/mol. The first-order valence-corrected chi connectivity index (χ1v) is 13.3. The molecule has 1 heterocycles. The summed E-state index contributed by atoms with van der Waals surface area (Å²) in [5.74, 6) is 3.48. The number of thioether (sulfide) groups is 2. The third-order valence-electron chi connectivity index (χ3n) is 7.92. The maximum absolute atomic E-state index is 11.0. The molecule has 3 unspecified atom stereocenters. The summed E-state index contributed by atoms with van der Waals surface area (Å²) in [4.78, 5) is 0. The molecule has 1 aliphatic heterocycles. The number of unbranched alkanes of at least 4 members (excludes halogenated alkanes) is 3. The molecule has 2 bridgehead atoms. The number of aliphatic hydroxyl groups is 1. The van der Waals surface area contributed by atoms with E-state index in [1.807, 2.05) is 35.7 Å². The summed E-state index contributed by atoms with van der Waals surface area (Å²) in [5.41, 5.74) is 1.79. The number of aliphatic hydroxyl groups excluding tert-OH is 1. The van der Waals surface area contributed by atoms with Gasteiger partial charge in [-0.1, -0.05) is 46.5 Å². The Labute approximate surface area is 184 Å². The first-order chi connectivity index (χ1) is 13.8. The van der Waals surface area contributed by atoms with Gasteiger partial charge < -0.3 is 15.3 Å². The number of rotatable bonds is 7. The second-order valence-corrected chi connectivity index (χ2v) is 12.9. The van der Waals surface area contributed by atoms with E-state index in [0.717, 1.165) is 29.9 Å². The monoisotopic (exact) mass is 436 g/mol. The van der Waals surface area contributed by atoms with Crippen LogP contribution in [0.3, 0.4) is 0 Å². The molecule has 5 heteroatoms. The summed E-state index contributed by atoms with van der Waals surface area (Å²) in [5, 5.41) is 32.7. The molecular weight excluding hydrogens is 400 g/mol. The van der Waals surface area contributed by atoms with Crippen LogP contribution in [0.1, 0.15) is 82.8 Å². The van der Waals surface area contributed by atoms with Gasteiger partial charge in [0.25, 0.3) is 0 Å². The summed E-state index contributed by atoms with van der Waals surface area (Å²) in [7, 11) is 0. The van der Waals surface area contributed by atoms with Crippen LogP contribution in [-0.2, 0) is 4.08 Å². The Kier molecular flexibility index (Phi) is 6.14. The molecule has 29 heavy (non-hydrogen) atoms. The van der Waals surface area contributed by atoms with Crippen LogP contribution in [0.2, 0.25) is 0 Å². The van der Waals surface area contributed by atoms with E-state index >= 15 is 0 Å². The summed E-state index contributed by atoms with van der Waals surface area (Å²) in [6, 6.07) is 3.84. The van der Waals surface area contributed by atoms with Gasteiger partial charge in [-0.25, -0.2) is 0 Å². The number of hydrogen-bond acceptors (Lipinski definition) is 5. The van der Waals surface area contributed by atoms with Gasteiger partial charge in [-0.3, -0.25) is 0 Å². The molecule has 4 fully saturated rings. The third-order valence-corrected chi connectivity index (χ3v) is 11.5. The Morgan fingerprint density at radius 2 is 1.62 bits per heavy atom. The first-order valence-electron chi connectivity index (χ1n) is 11.3. The fourth-order valence-electron chi connectivity index (χ4n) is 6.16. The molecule has 1 aromatic carbocycles. The van der Waals surface area contributed by atoms with E-state index in [2.05, 4.69) is 20.8 Å². The number of phenolic OH excluding ortho intramolecular Hbond substituents is 2. The Morgan fingerprint density at radius 3 is 2.17 bits per heavy atom. The van der Waals surface area contributed by atoms with Crippen molar-refractivity contribution in [3.05, 3.63) is 23.3 Å². The minimum absolute atomic E-state index is 0.0310. The van der Waals surface area contributed by atoms with Crippen LogP contribution in [0.4, 0.5) is 0 Å². The molecule has 0 amide bonds. The number of aromatic hydroxyl groups is 2. The maximum atomic E-state index is 11.0. The Hall–Kier alpha value is -0.520. The van der Waals surface area contributed by atoms with Crippen molar-refractivity contribution in [2.45, 2.75) is 81.8 Å². The molecule has 0 spiro atoms. The van der Waals surface area contributed by atoms with E-state index in [-0.39, 0.29) is 33.0 Å². The second-order valence-electron chi connectivity index (χ2n) is 9.87. The Bertz CT molecular complexity index is 719. The van der Waals surface area contributed by atoms with Gasteiger partial charge in [-0.2, -0.15) is 0 Å². The van der Waals surface area contributed by atoms with Gasteiger partial charge >= 0.3 is 0 Å². The zero-order valence-electron chi connectivity index (χ0n) is 18.0. The van der Waals surface area contributed by atoms with Gasteiger partial charge in [0.15, 0.2) is 0 Å². The lowest BCUT2D eigenvalue weighted by Gasteiger charge is -2.62. The van der Waals surface area contributed by atoms with Crippen molar-refractivity contribution in [1.29, 1.82) is 0 Å². The van der Waals surface area contributed by atoms with Crippen LogP contribution in [0.5, 0.6) is 11.5 Å². The fraction of sp³-hybridized carbons (Fsp3) is 0.750. The summed E-state index contributed by atoms with van der Waals surface area (Å²) in [6.07, 6.45) is 7.30. The van der Waals surface area contributed by atoms with Crippen LogP contribution >= 0.6 is 23.5 Å². The topological polar surface area (TPSA) is 60.7 Å². The van der Waals surface area contributed by atoms with E-state index in [4.69, 9.17) is 0 Å². The molecule has 0 aromatic heterocycles. The number of phenols is 2. The van der Waals surface area contributed by atoms with Gasteiger partial charge in [-0.05, 0) is 60.1 Å². The van der Waals surface area contributed by atoms with Crippen LogP contribution in [0, 0.1) is 17.3 Å². The van der Waals surface area contributed by atoms with E-state index in [9.17, 15) is 15.3 Å². The van der Waals surface area contributed by atoms with Gasteiger partial charge in [0.05, 0.1) is 10.2 Å². The summed E-state index contributed by atoms with van der Waals surface area (Å²) in [6.45, 7) is 6.68. The number of hydrogen-bond donors (Lipinski definition) is 3. The van der Waals surface area contributed by atoms with Crippen molar-refractivity contribution >= 4 is 23.5 Å². The van der Waals surface area contributed by atoms with E-state index < -0.39 is 0 Å². The molecule has 0 radical (unpaired) electrons. The largest absolute Gasteiger partial charge is 0.508 e. The maximum Gasteiger partial charge on any atom is 0.123 e. The van der Waals surface area contributed by atoms with Crippen molar-refractivity contribution in [2.75, 3.05) is 11.5 Å². The quantitative estimate of drug-likeness (QED) is 0.444. The van der Waals surface area contributed by atoms with Crippen LogP contribution < -0.4 is 0 Å². The predicted molar refractivity (Wildman–Crippen MR) is 124 cm³/mol. The molecule has 4 atom stereocenters. The highest BCUT2D eigenvalue weighted by Gasteiger charge is 2.59. The first kappa shape index (κ1) is 21.7. The average Bonchev–Trinajstić information content (AvgIpc) is 3.14. The summed E-state index contributed by atoms with van der Waals surface area (Å²) >= 11 is 3.94. The zero-order chi connectivity index (χ0) is 20.8. The lowest BCUT2D eigenvalue weighted by molar-refractivity contribution is -0.152. The highest BCUT2D eigenvalue weighted by Crippen LogP contribution is 2.66. The highest BCUT2D eigenvalue weighted by atomic mass is 32.2. The van der Waals surface area contributed by atoms with Crippen molar-refractivity contribution in [1.82, 2.24) is 0 Å². The van der Waals surface area contributed by atoms with Gasteiger partial charge in [-0.15, -0.1) is 23.5 Å². The van der Waals surface area contributed by atoms with Crippen LogP contribution in [-0.4, -0.2) is 32.9 Å². The van der Waals surface area contributed by atoms with Crippen molar-refractivity contribution in [2.24, 2.45) is 17.3 Å². The zero-order valence-corrected chi connectivity index (χ0v) is 19.6. The van der Waals surface area contributed by atoms with Gasteiger partial charge in [0, 0.05) is 17.1 Å². The van der Waals surface area contributed by atoms with Crippen molar-refractivity contribution in [3.8, 4) is 11.5 Å². The Balaban J connectivity index is 1.61. The van der Waals surface area contributed by atoms with Crippen LogP contribution in [0.25, 0.3) is 0 Å². The minimum atomic E-state index is -0.343. The van der Waals surface area contributed by atoms with Gasteiger partial charge in [0.1, 0.15) is 11.5 Å². The third kappa shape index (κ3) is 3.70. The Morgan fingerprint density at radius 1 is 0.966 bits per heavy atom. The van der Waals surface area contributed by atoms with E-state index in [1.54, 1.807) is 0 Å². The molecule has 162 valence electrons. The van der Waals surface area contributed by atoms with Gasteiger partial charge in [0.2, 0.25) is 0 Å². The van der Waals surface area contributed by atoms with Crippen molar-refractivity contribution < 1.29 is 15.3 Å². The molecular formula is C24H36O3S2. The summed E-state index contributed by atoms with van der Waals surface area (Å²) < 4.78 is -0.0475. The highest BCUT2D eigenvalue weighted by molar-refractivity contribution is 8.20. The molecule has 4 aliphatic rings. The molecule has 3 N–H and O–H groups in total. The smallest absolute Gasteiger partial charge is 0.123 e. The SMILES string of the molecule is CCCCCCC1(c2cc(O)c([C@@H]3CC(O)C4CC3C4(C)C)c(O)c2)SCCS1. The molecule has 1 saturated heterocycles. The van der Waals surface area contributed by atoms with Crippen LogP contribution in [0.15, 0.2) is 12.1 Å². The van der Waals surface area contributed by atoms with E-state index in [0.29, 0.717) is 23.8 Å². The van der Waals surface area contributed by atoms with E-state index in [1.165, 1.54) is 25.7 Å². The fourth-order valence-corrected chi connectivity index (χ4v) is 9.46.